The van der Waals surface area contributed by atoms with Gasteiger partial charge < -0.3 is 19.4 Å². The number of ether oxygens (including phenoxy) is 3. The van der Waals surface area contributed by atoms with Crippen molar-refractivity contribution < 1.29 is 32.5 Å². The van der Waals surface area contributed by atoms with Crippen molar-refractivity contribution in [2.75, 3.05) is 7.11 Å². The Morgan fingerprint density at radius 1 is 1.14 bits per heavy atom. The molecule has 0 spiro atoms. The second-order valence-corrected chi connectivity index (χ2v) is 6.19. The molecule has 0 saturated carbocycles. The molecule has 148 valence electrons. The van der Waals surface area contributed by atoms with E-state index in [2.05, 4.69) is 14.2 Å². The first kappa shape index (κ1) is 19.6. The molecule has 0 N–H and O–H groups in total. The van der Waals surface area contributed by atoms with Crippen LogP contribution in [0.25, 0.3) is 0 Å². The van der Waals surface area contributed by atoms with Crippen LogP contribution in [0.3, 0.4) is 0 Å². The van der Waals surface area contributed by atoms with Gasteiger partial charge in [0.1, 0.15) is 0 Å². The van der Waals surface area contributed by atoms with Gasteiger partial charge in [0, 0.05) is 17.5 Å². The van der Waals surface area contributed by atoms with Gasteiger partial charge in [-0.1, -0.05) is 31.2 Å². The van der Waals surface area contributed by atoms with Crippen molar-refractivity contribution >= 4 is 11.7 Å². The molecular weight excluding hydrogens is 372 g/mol. The van der Waals surface area contributed by atoms with Crippen LogP contribution in [0, 0.1) is 5.21 Å². The predicted octanol–water partition coefficient (Wildman–Crippen LogP) is 3.63. The molecule has 1 heterocycles. The number of hydrogen-bond donors (Lipinski definition) is 0. The van der Waals surface area contributed by atoms with Crippen LogP contribution in [-0.2, 0) is 22.5 Å². The van der Waals surface area contributed by atoms with Gasteiger partial charge >= 0.3 is 12.3 Å². The number of hydrogen-bond acceptors (Lipinski definition) is 5. The molecule has 0 saturated heterocycles. The van der Waals surface area contributed by atoms with Crippen molar-refractivity contribution in [3.8, 4) is 11.5 Å². The summed E-state index contributed by atoms with van der Waals surface area (Å²) in [7, 11) is 1.30. The van der Waals surface area contributed by atoms with Crippen LogP contribution in [0.5, 0.6) is 11.5 Å². The van der Waals surface area contributed by atoms with Gasteiger partial charge in [0.05, 0.1) is 13.5 Å². The molecule has 0 aliphatic carbocycles. The Morgan fingerprint density at radius 2 is 1.82 bits per heavy atom. The van der Waals surface area contributed by atoms with Gasteiger partial charge in [-0.3, -0.25) is 4.79 Å². The lowest BCUT2D eigenvalue weighted by molar-refractivity contribution is -0.475. The summed E-state index contributed by atoms with van der Waals surface area (Å²) in [6.07, 6.45) is -3.28. The Bertz CT molecular complexity index is 927. The number of carbonyl (C=O) groups excluding carboxylic acids is 1. The van der Waals surface area contributed by atoms with Crippen LogP contribution in [0.1, 0.15) is 30.0 Å². The fourth-order valence-corrected chi connectivity index (χ4v) is 3.01. The minimum absolute atomic E-state index is 0.000935. The van der Waals surface area contributed by atoms with E-state index in [9.17, 15) is 18.8 Å². The van der Waals surface area contributed by atoms with E-state index in [-0.39, 0.29) is 24.5 Å². The quantitative estimate of drug-likeness (QED) is 0.247. The first-order valence-corrected chi connectivity index (χ1v) is 8.67. The molecule has 8 heteroatoms. The van der Waals surface area contributed by atoms with Gasteiger partial charge in [0.15, 0.2) is 23.8 Å². The van der Waals surface area contributed by atoms with Gasteiger partial charge in [-0.2, -0.15) is 0 Å². The number of halogens is 2. The number of alkyl halides is 2. The Morgan fingerprint density at radius 3 is 2.50 bits per heavy atom. The zero-order valence-electron chi connectivity index (χ0n) is 15.4. The number of fused-ring (bicyclic) bond motifs is 1. The van der Waals surface area contributed by atoms with E-state index < -0.39 is 12.3 Å². The molecule has 0 fully saturated rings. The van der Waals surface area contributed by atoms with Crippen LogP contribution in [0.2, 0.25) is 0 Å². The summed E-state index contributed by atoms with van der Waals surface area (Å²) in [6, 6.07) is 11.3. The third kappa shape index (κ3) is 4.21. The van der Waals surface area contributed by atoms with E-state index in [1.165, 1.54) is 25.3 Å². The summed E-state index contributed by atoms with van der Waals surface area (Å²) in [5.74, 6) is -0.598. The first-order chi connectivity index (χ1) is 13.3. The second kappa shape index (κ2) is 7.84. The Kier molecular flexibility index (Phi) is 5.48. The number of methoxy groups -OCH3 is 1. The standard InChI is InChI=1S/C20H19F2NO5/c1-3-16(14-8-9-17-18(10-14)28-20(21,22)27-17)23(25)12-15-7-5-4-6-13(15)11-19(24)26-2/h4-10H,3,11-12H2,1-2H3/b23-16-. The van der Waals surface area contributed by atoms with E-state index in [0.717, 1.165) is 4.74 Å². The molecule has 28 heavy (non-hydrogen) atoms. The maximum absolute atomic E-state index is 13.2. The average molecular weight is 391 g/mol. The highest BCUT2D eigenvalue weighted by Crippen LogP contribution is 2.41. The van der Waals surface area contributed by atoms with Crippen molar-refractivity contribution in [3.63, 3.8) is 0 Å². The maximum Gasteiger partial charge on any atom is 0.586 e. The number of carbonyl (C=O) groups is 1. The smallest absolute Gasteiger partial charge is 0.586 e. The van der Waals surface area contributed by atoms with Crippen LogP contribution in [0.4, 0.5) is 8.78 Å². The van der Waals surface area contributed by atoms with Crippen molar-refractivity contribution in [2.24, 2.45) is 0 Å². The Hall–Kier alpha value is -3.16. The minimum Gasteiger partial charge on any atom is -0.623 e. The molecule has 0 radical (unpaired) electrons. The summed E-state index contributed by atoms with van der Waals surface area (Å²) in [4.78, 5) is 11.6. The lowest BCUT2D eigenvalue weighted by atomic mass is 10.0. The monoisotopic (exact) mass is 391 g/mol. The first-order valence-electron chi connectivity index (χ1n) is 8.67. The summed E-state index contributed by atoms with van der Waals surface area (Å²) < 4.78 is 40.7. The topological polar surface area (TPSA) is 70.8 Å². The Labute approximate surface area is 160 Å². The molecule has 2 aromatic rings. The molecular formula is C20H19F2NO5. The summed E-state index contributed by atoms with van der Waals surface area (Å²) >= 11 is 0. The van der Waals surface area contributed by atoms with Crippen molar-refractivity contribution in [1.82, 2.24) is 0 Å². The lowest BCUT2D eigenvalue weighted by Crippen LogP contribution is -2.25. The predicted molar refractivity (Wildman–Crippen MR) is 96.5 cm³/mol. The van der Waals surface area contributed by atoms with E-state index >= 15 is 0 Å². The molecule has 0 atom stereocenters. The normalized spacial score (nSPS) is 15.1. The van der Waals surface area contributed by atoms with Crippen LogP contribution in [-0.4, -0.2) is 29.8 Å². The lowest BCUT2D eigenvalue weighted by Gasteiger charge is -2.13. The largest absolute Gasteiger partial charge is 0.623 e. The molecule has 0 bridgehead atoms. The van der Waals surface area contributed by atoms with E-state index in [0.29, 0.717) is 28.8 Å². The van der Waals surface area contributed by atoms with E-state index in [4.69, 9.17) is 0 Å². The number of benzene rings is 2. The highest BCUT2D eigenvalue weighted by Gasteiger charge is 2.43. The van der Waals surface area contributed by atoms with Gasteiger partial charge in [-0.15, -0.1) is 8.78 Å². The molecule has 0 aromatic heterocycles. The summed E-state index contributed by atoms with van der Waals surface area (Å²) in [6.45, 7) is 1.79. The van der Waals surface area contributed by atoms with Crippen molar-refractivity contribution in [3.05, 3.63) is 64.4 Å². The number of nitrogens with zero attached hydrogens (tertiary/aromatic N) is 1. The summed E-state index contributed by atoms with van der Waals surface area (Å²) in [5, 5.41) is 12.8. The van der Waals surface area contributed by atoms with E-state index in [1.807, 2.05) is 0 Å². The molecule has 1 aliphatic rings. The van der Waals surface area contributed by atoms with Crippen LogP contribution in [0.15, 0.2) is 42.5 Å². The zero-order valence-corrected chi connectivity index (χ0v) is 15.4. The third-order valence-corrected chi connectivity index (χ3v) is 4.37. The molecule has 1 aliphatic heterocycles. The summed E-state index contributed by atoms with van der Waals surface area (Å²) in [5.41, 5.74) is 2.23. The Balaban J connectivity index is 1.90. The van der Waals surface area contributed by atoms with Gasteiger partial charge in [0.2, 0.25) is 0 Å². The minimum atomic E-state index is -3.71. The average Bonchev–Trinajstić information content (AvgIpc) is 2.97. The van der Waals surface area contributed by atoms with Crippen LogP contribution >= 0.6 is 0 Å². The van der Waals surface area contributed by atoms with Gasteiger partial charge in [-0.05, 0) is 23.8 Å². The third-order valence-electron chi connectivity index (χ3n) is 4.37. The van der Waals surface area contributed by atoms with Crippen LogP contribution < -0.4 is 9.47 Å². The number of esters is 1. The fourth-order valence-electron chi connectivity index (χ4n) is 3.01. The van der Waals surface area contributed by atoms with Crippen molar-refractivity contribution in [1.29, 1.82) is 0 Å². The fraction of sp³-hybridized carbons (Fsp3) is 0.300. The SMILES string of the molecule is CC/C(c1ccc2c(c1)OC(F)(F)O2)=[N+](/[O-])Cc1ccccc1CC(=O)OC. The highest BCUT2D eigenvalue weighted by molar-refractivity contribution is 5.97. The molecule has 0 unspecified atom stereocenters. The maximum atomic E-state index is 13.2. The molecule has 3 rings (SSSR count). The number of hydroxylamine groups is 1. The van der Waals surface area contributed by atoms with E-state index in [1.54, 1.807) is 31.2 Å². The molecule has 6 nitrogen and oxygen atoms in total. The van der Waals surface area contributed by atoms with Gasteiger partial charge in [-0.25, -0.2) is 4.74 Å². The molecule has 0 amide bonds. The second-order valence-electron chi connectivity index (χ2n) is 6.19. The number of rotatable bonds is 6. The highest BCUT2D eigenvalue weighted by atomic mass is 19.3. The zero-order chi connectivity index (χ0) is 20.3. The molecule has 2 aromatic carbocycles. The van der Waals surface area contributed by atoms with Gasteiger partial charge in [0.25, 0.3) is 0 Å². The van der Waals surface area contributed by atoms with Crippen molar-refractivity contribution in [2.45, 2.75) is 32.6 Å².